The zero-order chi connectivity index (χ0) is 8.15. The van der Waals surface area contributed by atoms with E-state index in [0.29, 0.717) is 0 Å². The topological polar surface area (TPSA) is 66.4 Å². The van der Waals surface area contributed by atoms with E-state index in [4.69, 9.17) is 5.11 Å². The van der Waals surface area contributed by atoms with Crippen molar-refractivity contribution >= 4 is 21.1 Å². The number of carbonyl (C=O) groups excluding carboxylic acids is 1. The van der Waals surface area contributed by atoms with E-state index >= 15 is 0 Å². The fourth-order valence-electron chi connectivity index (χ4n) is 0.505. The quantitative estimate of drug-likeness (QED) is 0.563. The normalized spacial score (nSPS) is 12.6. The summed E-state index contributed by atoms with van der Waals surface area (Å²) in [6.45, 7) is 1.36. The number of hydrogen-bond donors (Lipinski definition) is 2. The van der Waals surface area contributed by atoms with Gasteiger partial charge >= 0.3 is 5.97 Å². The van der Waals surface area contributed by atoms with Crippen LogP contribution in [0.4, 0.5) is 0 Å². The molecule has 0 aliphatic carbocycles. The zero-order valence-electron chi connectivity index (χ0n) is 5.63. The molecule has 0 aromatic heterocycles. The van der Waals surface area contributed by atoms with Crippen molar-refractivity contribution in [3.63, 3.8) is 0 Å². The van der Waals surface area contributed by atoms with E-state index in [1.165, 1.54) is 6.92 Å². The van der Waals surface area contributed by atoms with Crippen molar-refractivity contribution in [2.75, 3.05) is 0 Å². The van der Waals surface area contributed by atoms with Crippen LogP contribution < -0.4 is 5.09 Å². The van der Waals surface area contributed by atoms with Crippen molar-refractivity contribution in [1.29, 1.82) is 0 Å². The summed E-state index contributed by atoms with van der Waals surface area (Å²) < 4.78 is 0. The lowest BCUT2D eigenvalue weighted by Crippen LogP contribution is -2.31. The first-order valence-corrected chi connectivity index (χ1v) is 3.34. The summed E-state index contributed by atoms with van der Waals surface area (Å²) in [4.78, 5) is 20.6. The number of aliphatic carboxylic acids is 1. The van der Waals surface area contributed by atoms with E-state index in [1.54, 1.807) is 0 Å². The molecule has 0 aromatic rings. The van der Waals surface area contributed by atoms with Gasteiger partial charge in [0.25, 0.3) is 0 Å². The Labute approximate surface area is 61.3 Å². The molecule has 0 radical (unpaired) electrons. The van der Waals surface area contributed by atoms with Gasteiger partial charge in [0.05, 0.1) is 0 Å². The third-order valence-electron chi connectivity index (χ3n) is 0.991. The van der Waals surface area contributed by atoms with E-state index in [0.717, 1.165) is 0 Å². The van der Waals surface area contributed by atoms with Crippen molar-refractivity contribution in [2.24, 2.45) is 0 Å². The molecule has 0 heterocycles. The van der Waals surface area contributed by atoms with Crippen LogP contribution in [0.1, 0.15) is 13.3 Å². The van der Waals surface area contributed by atoms with E-state index in [9.17, 15) is 9.59 Å². The zero-order valence-corrected chi connectivity index (χ0v) is 6.78. The largest absolute Gasteiger partial charge is 0.480 e. The number of rotatable bonds is 4. The number of carboxylic acid groups (broad SMARTS) is 1. The van der Waals surface area contributed by atoms with Crippen LogP contribution in [0.15, 0.2) is 0 Å². The molecule has 0 spiro atoms. The van der Waals surface area contributed by atoms with Crippen LogP contribution in [0.5, 0.6) is 0 Å². The molecule has 0 aliphatic rings. The Morgan fingerprint density at radius 3 is 2.30 bits per heavy atom. The van der Waals surface area contributed by atoms with Crippen molar-refractivity contribution in [2.45, 2.75) is 19.4 Å². The number of hydrogen-bond acceptors (Lipinski definition) is 3. The molecule has 10 heavy (non-hydrogen) atoms. The molecule has 0 rings (SSSR count). The Morgan fingerprint density at radius 2 is 2.20 bits per heavy atom. The van der Waals surface area contributed by atoms with Gasteiger partial charge in [-0.3, -0.25) is 14.7 Å². The number of nitrogens with one attached hydrogen (secondary N) is 1. The molecule has 0 fully saturated rings. The third kappa shape index (κ3) is 3.54. The highest BCUT2D eigenvalue weighted by Crippen LogP contribution is 1.95. The lowest BCUT2D eigenvalue weighted by atomic mass is 10.2. The van der Waals surface area contributed by atoms with Gasteiger partial charge in [0, 0.05) is 6.42 Å². The highest BCUT2D eigenvalue weighted by Gasteiger charge is 2.15. The molecule has 0 bridgehead atoms. The highest BCUT2D eigenvalue weighted by atomic mass is 31.0. The first kappa shape index (κ1) is 9.53. The van der Waals surface area contributed by atoms with Crippen LogP contribution in [0.2, 0.25) is 0 Å². The fourth-order valence-corrected chi connectivity index (χ4v) is 0.765. The van der Waals surface area contributed by atoms with Gasteiger partial charge in [0.2, 0.25) is 0 Å². The summed E-state index contributed by atoms with van der Waals surface area (Å²) in [6.07, 6.45) is 0.0266. The molecule has 0 amide bonds. The average molecular weight is 163 g/mol. The Morgan fingerprint density at radius 1 is 1.70 bits per heavy atom. The predicted octanol–water partition coefficient (Wildman–Crippen LogP) is -0.202. The van der Waals surface area contributed by atoms with Crippen molar-refractivity contribution in [1.82, 2.24) is 5.09 Å². The fraction of sp³-hybridized carbons (Fsp3) is 0.600. The van der Waals surface area contributed by atoms with Gasteiger partial charge in [0.1, 0.15) is 11.8 Å². The van der Waals surface area contributed by atoms with E-state index in [2.05, 4.69) is 14.5 Å². The summed E-state index contributed by atoms with van der Waals surface area (Å²) in [5, 5.41) is 10.8. The molecule has 0 aliphatic heterocycles. The van der Waals surface area contributed by atoms with Gasteiger partial charge in [-0.25, -0.2) is 0 Å². The summed E-state index contributed by atoms with van der Waals surface area (Å²) in [5.74, 6) is -1.15. The minimum absolute atomic E-state index is 0.0266. The smallest absolute Gasteiger partial charge is 0.321 e. The van der Waals surface area contributed by atoms with Crippen LogP contribution in [0, 0.1) is 0 Å². The molecule has 0 saturated heterocycles. The lowest BCUT2D eigenvalue weighted by Gasteiger charge is -2.06. The van der Waals surface area contributed by atoms with E-state index in [1.807, 2.05) is 0 Å². The second-order valence-electron chi connectivity index (χ2n) is 1.96. The average Bonchev–Trinajstić information content (AvgIpc) is 1.81. The molecule has 0 aromatic carbocycles. The van der Waals surface area contributed by atoms with Gasteiger partial charge in [-0.1, -0.05) is 9.39 Å². The molecular formula is C5H10NO3P. The SMILES string of the molecule is CC(=O)CC(NP)C(=O)O. The third-order valence-corrected chi connectivity index (χ3v) is 1.39. The van der Waals surface area contributed by atoms with Crippen LogP contribution in [0.3, 0.4) is 0 Å². The van der Waals surface area contributed by atoms with Gasteiger partial charge in [-0.2, -0.15) is 0 Å². The predicted molar refractivity (Wildman–Crippen MR) is 39.6 cm³/mol. The molecule has 5 heteroatoms. The van der Waals surface area contributed by atoms with Crippen molar-refractivity contribution in [3.05, 3.63) is 0 Å². The number of ketones is 1. The van der Waals surface area contributed by atoms with Crippen LogP contribution in [-0.2, 0) is 9.59 Å². The maximum absolute atomic E-state index is 10.4. The first-order valence-electron chi connectivity index (χ1n) is 2.76. The van der Waals surface area contributed by atoms with Gasteiger partial charge in [0.15, 0.2) is 0 Å². The maximum atomic E-state index is 10.4. The van der Waals surface area contributed by atoms with Crippen LogP contribution in [0.25, 0.3) is 0 Å². The second-order valence-corrected chi connectivity index (χ2v) is 2.30. The van der Waals surface area contributed by atoms with Crippen LogP contribution >= 0.6 is 9.39 Å². The molecular weight excluding hydrogens is 153 g/mol. The second kappa shape index (κ2) is 4.36. The first-order chi connectivity index (χ1) is 4.57. The molecule has 0 saturated carbocycles. The minimum atomic E-state index is -1.01. The molecule has 58 valence electrons. The van der Waals surface area contributed by atoms with E-state index in [-0.39, 0.29) is 12.2 Å². The standard InChI is InChI=1S/C5H10NO3P/c1-3(7)2-4(6-10)5(8)9/h4,6H,2,10H2,1H3,(H,8,9). The van der Waals surface area contributed by atoms with Gasteiger partial charge < -0.3 is 5.11 Å². The molecule has 4 nitrogen and oxygen atoms in total. The highest BCUT2D eigenvalue weighted by molar-refractivity contribution is 7.13. The maximum Gasteiger partial charge on any atom is 0.321 e. The summed E-state index contributed by atoms with van der Waals surface area (Å²) in [5.41, 5.74) is 0. The van der Waals surface area contributed by atoms with E-state index < -0.39 is 12.0 Å². The Balaban J connectivity index is 3.83. The summed E-state index contributed by atoms with van der Waals surface area (Å²) >= 11 is 0. The number of Topliss-reactive ketones (excluding diaryl/α,β-unsaturated/α-hetero) is 1. The Kier molecular flexibility index (Phi) is 4.16. The Hall–Kier alpha value is -0.470. The van der Waals surface area contributed by atoms with Crippen molar-refractivity contribution < 1.29 is 14.7 Å². The Bertz CT molecular complexity index is 148. The van der Waals surface area contributed by atoms with Crippen LogP contribution in [-0.4, -0.2) is 22.9 Å². The molecule has 2 unspecified atom stereocenters. The molecule has 2 N–H and O–H groups in total. The minimum Gasteiger partial charge on any atom is -0.480 e. The molecule has 2 atom stereocenters. The van der Waals surface area contributed by atoms with Gasteiger partial charge in [-0.05, 0) is 6.92 Å². The lowest BCUT2D eigenvalue weighted by molar-refractivity contribution is -0.140. The van der Waals surface area contributed by atoms with Gasteiger partial charge in [-0.15, -0.1) is 0 Å². The monoisotopic (exact) mass is 163 g/mol. The summed E-state index contributed by atoms with van der Waals surface area (Å²) in [6, 6.07) is -0.775. The number of carboxylic acids is 1. The van der Waals surface area contributed by atoms with Crippen molar-refractivity contribution in [3.8, 4) is 0 Å². The summed E-state index contributed by atoms with van der Waals surface area (Å²) in [7, 11) is 2.07. The number of carbonyl (C=O) groups is 2.